The van der Waals surface area contributed by atoms with Gasteiger partial charge in [-0.3, -0.25) is 19.1 Å². The van der Waals surface area contributed by atoms with E-state index in [1.165, 1.54) is 4.57 Å². The summed E-state index contributed by atoms with van der Waals surface area (Å²) in [5.74, 6) is 0.110. The molecule has 0 saturated heterocycles. The first kappa shape index (κ1) is 22.8. The number of fused-ring (bicyclic) bond motifs is 1. The molecule has 1 fully saturated rings. The zero-order valence-electron chi connectivity index (χ0n) is 19.6. The van der Waals surface area contributed by atoms with E-state index in [2.05, 4.69) is 20.2 Å². The minimum Gasteiger partial charge on any atom is -0.370 e. The summed E-state index contributed by atoms with van der Waals surface area (Å²) < 4.78 is 1.48. The highest BCUT2D eigenvalue weighted by Gasteiger charge is 2.29. The van der Waals surface area contributed by atoms with Gasteiger partial charge < -0.3 is 10.2 Å². The number of anilines is 1. The summed E-state index contributed by atoms with van der Waals surface area (Å²) in [5.41, 5.74) is 1.32. The van der Waals surface area contributed by atoms with Crippen molar-refractivity contribution in [2.75, 3.05) is 18.5 Å². The molecule has 2 N–H and O–H groups in total. The molecule has 0 bridgehead atoms. The Labute approximate surface area is 192 Å². The highest BCUT2D eigenvalue weighted by atomic mass is 16.2. The van der Waals surface area contributed by atoms with E-state index in [1.54, 1.807) is 6.07 Å². The van der Waals surface area contributed by atoms with Gasteiger partial charge in [-0.15, -0.1) is 0 Å². The Hall–Kier alpha value is -3.42. The van der Waals surface area contributed by atoms with Crippen molar-refractivity contribution in [2.45, 2.75) is 52.1 Å². The minimum atomic E-state index is -0.579. The number of H-pyrrole nitrogens is 1. The van der Waals surface area contributed by atoms with Crippen LogP contribution in [0.1, 0.15) is 55.6 Å². The summed E-state index contributed by atoms with van der Waals surface area (Å²) >= 11 is 0. The van der Waals surface area contributed by atoms with Crippen molar-refractivity contribution in [3.05, 3.63) is 68.5 Å². The van der Waals surface area contributed by atoms with Crippen LogP contribution in [-0.4, -0.2) is 40.1 Å². The average Bonchev–Trinajstić information content (AvgIpc) is 3.64. The first-order valence-corrected chi connectivity index (χ1v) is 11.5. The summed E-state index contributed by atoms with van der Waals surface area (Å²) in [6.07, 6.45) is 1.99. The molecular formula is C25H31N5O3. The van der Waals surface area contributed by atoms with E-state index in [1.807, 2.05) is 58.2 Å². The summed E-state index contributed by atoms with van der Waals surface area (Å²) in [4.78, 5) is 47.8. The zero-order valence-corrected chi connectivity index (χ0v) is 19.6. The van der Waals surface area contributed by atoms with Crippen LogP contribution in [-0.2, 0) is 6.54 Å². The van der Waals surface area contributed by atoms with Crippen molar-refractivity contribution in [3.63, 3.8) is 0 Å². The first-order chi connectivity index (χ1) is 15.8. The number of para-hydroxylation sites is 1. The van der Waals surface area contributed by atoms with Crippen molar-refractivity contribution in [3.8, 4) is 0 Å². The Morgan fingerprint density at radius 1 is 1.21 bits per heavy atom. The SMILES string of the molecule is CC(C)Cn1c(=O)[nH]c(=O)c2c(C(=O)NCC(C)N(C)c3ccccc3)cc(C3CC3)nc21. The number of hydrogen-bond donors (Lipinski definition) is 2. The summed E-state index contributed by atoms with van der Waals surface area (Å²) in [7, 11) is 1.98. The van der Waals surface area contributed by atoms with E-state index in [4.69, 9.17) is 0 Å². The number of likely N-dealkylation sites (N-methyl/N-ethyl adjacent to an activating group) is 1. The summed E-state index contributed by atoms with van der Waals surface area (Å²) in [6.45, 7) is 6.82. The monoisotopic (exact) mass is 449 g/mol. The standard InChI is InChI=1S/C25H31N5O3/c1-15(2)14-30-22-21(24(32)28-25(30)33)19(12-20(27-22)17-10-11-17)23(31)26-13-16(3)29(4)18-8-6-5-7-9-18/h5-9,12,15-17H,10-11,13-14H2,1-4H3,(H,26,31)(H,28,32,33). The molecule has 8 nitrogen and oxygen atoms in total. The molecule has 1 aliphatic rings. The second-order valence-electron chi connectivity index (χ2n) is 9.34. The molecule has 1 aromatic carbocycles. The normalized spacial score (nSPS) is 14.5. The van der Waals surface area contributed by atoms with Gasteiger partial charge in [-0.2, -0.15) is 0 Å². The van der Waals surface area contributed by atoms with E-state index in [9.17, 15) is 14.4 Å². The van der Waals surface area contributed by atoms with Crippen LogP contribution in [0.25, 0.3) is 11.0 Å². The Morgan fingerprint density at radius 2 is 1.91 bits per heavy atom. The molecule has 1 saturated carbocycles. The van der Waals surface area contributed by atoms with Crippen LogP contribution in [0.5, 0.6) is 0 Å². The maximum absolute atomic E-state index is 13.3. The number of hydrogen-bond acceptors (Lipinski definition) is 5. The molecule has 0 spiro atoms. The van der Waals surface area contributed by atoms with Gasteiger partial charge >= 0.3 is 5.69 Å². The average molecular weight is 450 g/mol. The van der Waals surface area contributed by atoms with E-state index < -0.39 is 11.2 Å². The van der Waals surface area contributed by atoms with Crippen LogP contribution in [0, 0.1) is 5.92 Å². The number of nitrogens with one attached hydrogen (secondary N) is 2. The topological polar surface area (TPSA) is 100 Å². The fraction of sp³-hybridized carbons (Fsp3) is 0.440. The van der Waals surface area contributed by atoms with Gasteiger partial charge in [-0.1, -0.05) is 32.0 Å². The number of carbonyl (C=O) groups excluding carboxylic acids is 1. The van der Waals surface area contributed by atoms with E-state index in [0.29, 0.717) is 18.7 Å². The number of nitrogens with zero attached hydrogens (tertiary/aromatic N) is 3. The van der Waals surface area contributed by atoms with Gasteiger partial charge in [0.05, 0.1) is 10.9 Å². The molecule has 33 heavy (non-hydrogen) atoms. The lowest BCUT2D eigenvalue weighted by molar-refractivity contribution is 0.0953. The number of aromatic amines is 1. The van der Waals surface area contributed by atoms with Crippen molar-refractivity contribution < 1.29 is 4.79 Å². The Balaban J connectivity index is 1.68. The van der Waals surface area contributed by atoms with Crippen LogP contribution >= 0.6 is 0 Å². The van der Waals surface area contributed by atoms with Gasteiger partial charge in [0.25, 0.3) is 11.5 Å². The third-order valence-corrected chi connectivity index (χ3v) is 6.14. The highest BCUT2D eigenvalue weighted by Crippen LogP contribution is 2.39. The molecule has 8 heteroatoms. The molecule has 4 rings (SSSR count). The molecule has 1 atom stereocenters. The predicted octanol–water partition coefficient (Wildman–Crippen LogP) is 2.87. The Morgan fingerprint density at radius 3 is 2.55 bits per heavy atom. The molecule has 2 aromatic heterocycles. The molecule has 1 aliphatic carbocycles. The molecule has 2 heterocycles. The molecule has 0 aliphatic heterocycles. The molecule has 0 radical (unpaired) electrons. The number of aromatic nitrogens is 3. The lowest BCUT2D eigenvalue weighted by Crippen LogP contribution is -2.41. The van der Waals surface area contributed by atoms with Crippen molar-refractivity contribution >= 4 is 22.6 Å². The predicted molar refractivity (Wildman–Crippen MR) is 130 cm³/mol. The van der Waals surface area contributed by atoms with E-state index in [-0.39, 0.29) is 34.7 Å². The second-order valence-corrected chi connectivity index (χ2v) is 9.34. The first-order valence-electron chi connectivity index (χ1n) is 11.5. The maximum atomic E-state index is 13.3. The highest BCUT2D eigenvalue weighted by molar-refractivity contribution is 6.05. The summed E-state index contributed by atoms with van der Waals surface area (Å²) in [5, 5.41) is 3.15. The number of amides is 1. The lowest BCUT2D eigenvalue weighted by Gasteiger charge is -2.27. The number of carbonyl (C=O) groups is 1. The Bertz CT molecular complexity index is 1270. The molecule has 1 unspecified atom stereocenters. The molecule has 3 aromatic rings. The van der Waals surface area contributed by atoms with Crippen molar-refractivity contribution in [2.24, 2.45) is 5.92 Å². The van der Waals surface area contributed by atoms with E-state index >= 15 is 0 Å². The number of benzene rings is 1. The van der Waals surface area contributed by atoms with Crippen LogP contribution < -0.4 is 21.5 Å². The molecule has 1 amide bonds. The zero-order chi connectivity index (χ0) is 23.7. The van der Waals surface area contributed by atoms with Gasteiger partial charge in [-0.25, -0.2) is 9.78 Å². The van der Waals surface area contributed by atoms with Crippen LogP contribution in [0.2, 0.25) is 0 Å². The van der Waals surface area contributed by atoms with Gasteiger partial charge in [0.15, 0.2) is 5.65 Å². The maximum Gasteiger partial charge on any atom is 0.330 e. The fourth-order valence-electron chi connectivity index (χ4n) is 3.99. The van der Waals surface area contributed by atoms with Gasteiger partial charge in [-0.05, 0) is 43.9 Å². The number of pyridine rings is 1. The van der Waals surface area contributed by atoms with Gasteiger partial charge in [0.1, 0.15) is 0 Å². The van der Waals surface area contributed by atoms with Gasteiger partial charge in [0, 0.05) is 43.5 Å². The quantitative estimate of drug-likeness (QED) is 0.551. The minimum absolute atomic E-state index is 0.0322. The van der Waals surface area contributed by atoms with Gasteiger partial charge in [0.2, 0.25) is 0 Å². The third-order valence-electron chi connectivity index (χ3n) is 6.14. The van der Waals surface area contributed by atoms with Crippen molar-refractivity contribution in [1.82, 2.24) is 19.9 Å². The lowest BCUT2D eigenvalue weighted by atomic mass is 10.1. The third kappa shape index (κ3) is 4.84. The van der Waals surface area contributed by atoms with Crippen LogP contribution in [0.3, 0.4) is 0 Å². The largest absolute Gasteiger partial charge is 0.370 e. The molecular weight excluding hydrogens is 418 g/mol. The summed E-state index contributed by atoms with van der Waals surface area (Å²) in [6, 6.07) is 11.7. The Kier molecular flexibility index (Phi) is 6.35. The fourth-order valence-corrected chi connectivity index (χ4v) is 3.99. The second kappa shape index (κ2) is 9.21. The smallest absolute Gasteiger partial charge is 0.330 e. The van der Waals surface area contributed by atoms with Crippen molar-refractivity contribution in [1.29, 1.82) is 0 Å². The van der Waals surface area contributed by atoms with Crippen LogP contribution in [0.4, 0.5) is 5.69 Å². The van der Waals surface area contributed by atoms with Crippen LogP contribution in [0.15, 0.2) is 46.0 Å². The molecule has 174 valence electrons. The van der Waals surface area contributed by atoms with E-state index in [0.717, 1.165) is 24.2 Å². The number of rotatable bonds is 8.